The number of imidazole rings is 1. The standard InChI is InChI=1S/C25H30N4O2/c1-16(30)26-14-17-5-6-18-9-10-29(23(25(2,3)4)13-20(18)11-17)24(31)19-7-8-21-22(12-19)28-15-27-21/h5-8,11-12,15,23H,9-10,13-14H2,1-4H3,(H,26,30)(H,27,28). The third-order valence-corrected chi connectivity index (χ3v) is 6.15. The predicted molar refractivity (Wildman–Crippen MR) is 122 cm³/mol. The molecule has 2 aromatic carbocycles. The number of nitrogens with zero attached hydrogens (tertiary/aromatic N) is 2. The molecule has 0 fully saturated rings. The Morgan fingerprint density at radius 1 is 1.16 bits per heavy atom. The summed E-state index contributed by atoms with van der Waals surface area (Å²) in [5.41, 5.74) is 5.97. The molecule has 3 aromatic rings. The van der Waals surface area contributed by atoms with Gasteiger partial charge in [-0.25, -0.2) is 4.98 Å². The van der Waals surface area contributed by atoms with E-state index in [0.717, 1.165) is 29.4 Å². The van der Waals surface area contributed by atoms with Crippen LogP contribution in [0, 0.1) is 5.41 Å². The fourth-order valence-corrected chi connectivity index (χ4v) is 4.42. The van der Waals surface area contributed by atoms with Gasteiger partial charge in [0.25, 0.3) is 5.91 Å². The molecular weight excluding hydrogens is 388 g/mol. The first-order valence-electron chi connectivity index (χ1n) is 10.8. The molecule has 0 saturated heterocycles. The van der Waals surface area contributed by atoms with Gasteiger partial charge in [-0.2, -0.15) is 0 Å². The van der Waals surface area contributed by atoms with Gasteiger partial charge in [0, 0.05) is 31.6 Å². The van der Waals surface area contributed by atoms with Crippen molar-refractivity contribution < 1.29 is 9.59 Å². The van der Waals surface area contributed by atoms with Gasteiger partial charge in [0.15, 0.2) is 0 Å². The fourth-order valence-electron chi connectivity index (χ4n) is 4.42. The summed E-state index contributed by atoms with van der Waals surface area (Å²) in [5, 5.41) is 2.88. The molecule has 31 heavy (non-hydrogen) atoms. The molecule has 1 unspecified atom stereocenters. The minimum absolute atomic E-state index is 0.0338. The van der Waals surface area contributed by atoms with Gasteiger partial charge >= 0.3 is 0 Å². The smallest absolute Gasteiger partial charge is 0.254 e. The minimum Gasteiger partial charge on any atom is -0.352 e. The van der Waals surface area contributed by atoms with Crippen molar-refractivity contribution in [3.8, 4) is 0 Å². The van der Waals surface area contributed by atoms with Gasteiger partial charge in [0.1, 0.15) is 0 Å². The van der Waals surface area contributed by atoms with Crippen molar-refractivity contribution in [3.63, 3.8) is 0 Å². The van der Waals surface area contributed by atoms with Crippen LogP contribution < -0.4 is 5.32 Å². The number of carbonyl (C=O) groups excluding carboxylic acids is 2. The summed E-state index contributed by atoms with van der Waals surface area (Å²) in [7, 11) is 0. The lowest BCUT2D eigenvalue weighted by atomic mass is 9.81. The zero-order chi connectivity index (χ0) is 22.2. The zero-order valence-corrected chi connectivity index (χ0v) is 18.7. The van der Waals surface area contributed by atoms with Crippen LogP contribution in [-0.2, 0) is 24.2 Å². The number of rotatable bonds is 3. The van der Waals surface area contributed by atoms with Crippen LogP contribution in [0.3, 0.4) is 0 Å². The Balaban J connectivity index is 1.65. The van der Waals surface area contributed by atoms with Crippen molar-refractivity contribution >= 4 is 22.8 Å². The summed E-state index contributed by atoms with van der Waals surface area (Å²) >= 11 is 0. The number of nitrogens with one attached hydrogen (secondary N) is 2. The topological polar surface area (TPSA) is 78.1 Å². The lowest BCUT2D eigenvalue weighted by molar-refractivity contribution is -0.119. The van der Waals surface area contributed by atoms with E-state index in [2.05, 4.69) is 54.3 Å². The van der Waals surface area contributed by atoms with Crippen LogP contribution in [0.25, 0.3) is 11.0 Å². The molecule has 0 saturated carbocycles. The SMILES string of the molecule is CC(=O)NCc1ccc2c(c1)CC(C(C)(C)C)N(C(=O)c1ccc3nc[nH]c3c1)CC2. The summed E-state index contributed by atoms with van der Waals surface area (Å²) in [6, 6.07) is 12.1. The summed E-state index contributed by atoms with van der Waals surface area (Å²) in [5.74, 6) is 0.0243. The normalized spacial score (nSPS) is 16.6. The van der Waals surface area contributed by atoms with E-state index in [1.165, 1.54) is 18.1 Å². The number of aromatic nitrogens is 2. The van der Waals surface area contributed by atoms with E-state index in [-0.39, 0.29) is 23.3 Å². The van der Waals surface area contributed by atoms with Gasteiger partial charge in [-0.3, -0.25) is 9.59 Å². The van der Waals surface area contributed by atoms with Crippen molar-refractivity contribution in [2.24, 2.45) is 5.41 Å². The molecule has 4 rings (SSSR count). The maximum Gasteiger partial charge on any atom is 0.254 e. The lowest BCUT2D eigenvalue weighted by Crippen LogP contribution is -2.48. The number of hydrogen-bond acceptors (Lipinski definition) is 3. The first kappa shape index (κ1) is 21.1. The average Bonchev–Trinajstić information content (AvgIpc) is 3.10. The van der Waals surface area contributed by atoms with Gasteiger partial charge < -0.3 is 15.2 Å². The second kappa shape index (κ2) is 8.17. The molecule has 2 N–H and O–H groups in total. The van der Waals surface area contributed by atoms with Gasteiger partial charge in [-0.15, -0.1) is 0 Å². The second-order valence-electron chi connectivity index (χ2n) is 9.48. The summed E-state index contributed by atoms with van der Waals surface area (Å²) in [4.78, 5) is 34.3. The Morgan fingerprint density at radius 2 is 1.97 bits per heavy atom. The Bertz CT molecular complexity index is 1130. The van der Waals surface area contributed by atoms with Gasteiger partial charge in [-0.1, -0.05) is 39.0 Å². The monoisotopic (exact) mass is 418 g/mol. The van der Waals surface area contributed by atoms with E-state index in [4.69, 9.17) is 0 Å². The fraction of sp³-hybridized carbons (Fsp3) is 0.400. The molecule has 0 aliphatic carbocycles. The molecule has 1 aliphatic rings. The molecule has 1 atom stereocenters. The van der Waals surface area contributed by atoms with Crippen LogP contribution in [0.15, 0.2) is 42.7 Å². The number of amides is 2. The second-order valence-corrected chi connectivity index (χ2v) is 9.48. The van der Waals surface area contributed by atoms with Crippen LogP contribution in [0.1, 0.15) is 54.7 Å². The van der Waals surface area contributed by atoms with Crippen LogP contribution in [0.4, 0.5) is 0 Å². The van der Waals surface area contributed by atoms with Crippen molar-refractivity contribution in [1.29, 1.82) is 0 Å². The molecule has 0 radical (unpaired) electrons. The first-order chi connectivity index (χ1) is 14.7. The highest BCUT2D eigenvalue weighted by molar-refractivity contribution is 5.97. The maximum absolute atomic E-state index is 13.6. The Morgan fingerprint density at radius 3 is 2.71 bits per heavy atom. The number of benzene rings is 2. The molecule has 0 spiro atoms. The summed E-state index contributed by atoms with van der Waals surface area (Å²) in [6.07, 6.45) is 3.27. The lowest BCUT2D eigenvalue weighted by Gasteiger charge is -2.39. The number of H-pyrrole nitrogens is 1. The summed E-state index contributed by atoms with van der Waals surface area (Å²) in [6.45, 7) is 9.32. The highest BCUT2D eigenvalue weighted by Gasteiger charge is 2.36. The highest BCUT2D eigenvalue weighted by atomic mass is 16.2. The Kier molecular flexibility index (Phi) is 5.56. The van der Waals surface area contributed by atoms with E-state index in [0.29, 0.717) is 18.7 Å². The maximum atomic E-state index is 13.6. The number of hydrogen-bond donors (Lipinski definition) is 2. The van der Waals surface area contributed by atoms with E-state index in [1.807, 2.05) is 23.1 Å². The van der Waals surface area contributed by atoms with Gasteiger partial charge in [0.05, 0.1) is 17.4 Å². The molecule has 0 bridgehead atoms. The molecular formula is C25H30N4O2. The highest BCUT2D eigenvalue weighted by Crippen LogP contribution is 2.33. The van der Waals surface area contributed by atoms with Crippen molar-refractivity contribution in [1.82, 2.24) is 20.2 Å². The predicted octanol–water partition coefficient (Wildman–Crippen LogP) is 3.85. The van der Waals surface area contributed by atoms with E-state index in [1.54, 1.807) is 6.33 Å². The van der Waals surface area contributed by atoms with E-state index >= 15 is 0 Å². The molecule has 162 valence electrons. The molecule has 6 heteroatoms. The first-order valence-corrected chi connectivity index (χ1v) is 10.8. The third kappa shape index (κ3) is 4.48. The summed E-state index contributed by atoms with van der Waals surface area (Å²) < 4.78 is 0. The molecule has 1 aliphatic heterocycles. The van der Waals surface area contributed by atoms with Crippen molar-refractivity contribution in [3.05, 3.63) is 65.0 Å². The van der Waals surface area contributed by atoms with Gasteiger partial charge in [-0.05, 0) is 53.1 Å². The third-order valence-electron chi connectivity index (χ3n) is 6.15. The Labute approximate surface area is 183 Å². The molecule has 6 nitrogen and oxygen atoms in total. The van der Waals surface area contributed by atoms with Crippen LogP contribution in [-0.4, -0.2) is 39.3 Å². The molecule has 2 heterocycles. The largest absolute Gasteiger partial charge is 0.352 e. The van der Waals surface area contributed by atoms with E-state index < -0.39 is 0 Å². The number of carbonyl (C=O) groups is 2. The average molecular weight is 419 g/mol. The molecule has 1 aromatic heterocycles. The molecule has 2 amide bonds. The van der Waals surface area contributed by atoms with Crippen LogP contribution in [0.2, 0.25) is 0 Å². The van der Waals surface area contributed by atoms with Gasteiger partial charge in [0.2, 0.25) is 5.91 Å². The minimum atomic E-state index is -0.0804. The van der Waals surface area contributed by atoms with Crippen LogP contribution >= 0.6 is 0 Å². The number of fused-ring (bicyclic) bond motifs is 2. The number of aromatic amines is 1. The van der Waals surface area contributed by atoms with Crippen LogP contribution in [0.5, 0.6) is 0 Å². The Hall–Kier alpha value is -3.15. The van der Waals surface area contributed by atoms with Crippen molar-refractivity contribution in [2.75, 3.05) is 6.54 Å². The quantitative estimate of drug-likeness (QED) is 0.678. The van der Waals surface area contributed by atoms with Crippen molar-refractivity contribution in [2.45, 2.75) is 53.1 Å². The van der Waals surface area contributed by atoms with E-state index in [9.17, 15) is 9.59 Å². The zero-order valence-electron chi connectivity index (χ0n) is 18.7.